The molecule has 2 aromatic rings. The van der Waals surface area contributed by atoms with Crippen LogP contribution in [0.5, 0.6) is 5.75 Å². The lowest BCUT2D eigenvalue weighted by Crippen LogP contribution is -2.14. The molecule has 2 aromatic carbocycles. The second kappa shape index (κ2) is 6.62. The third kappa shape index (κ3) is 3.85. The average Bonchev–Trinajstić information content (AvgIpc) is 2.48. The van der Waals surface area contributed by atoms with Crippen LogP contribution in [0.1, 0.15) is 36.5 Å². The third-order valence-electron chi connectivity index (χ3n) is 3.77. The van der Waals surface area contributed by atoms with Crippen molar-refractivity contribution in [1.29, 1.82) is 0 Å². The Labute approximate surface area is 138 Å². The van der Waals surface area contributed by atoms with Crippen molar-refractivity contribution in [1.82, 2.24) is 0 Å². The van der Waals surface area contributed by atoms with E-state index in [1.165, 1.54) is 0 Å². The Morgan fingerprint density at radius 1 is 1.04 bits per heavy atom. The minimum atomic E-state index is -3.61. The number of hydrogen-bond donors (Lipinski definition) is 1. The molecule has 0 amide bonds. The van der Waals surface area contributed by atoms with Crippen molar-refractivity contribution in [2.24, 2.45) is 0 Å². The molecule has 23 heavy (non-hydrogen) atoms. The monoisotopic (exact) mass is 333 g/mol. The van der Waals surface area contributed by atoms with Crippen molar-refractivity contribution >= 4 is 15.7 Å². The van der Waals surface area contributed by atoms with Gasteiger partial charge in [0.2, 0.25) is 0 Å². The molecular weight excluding hydrogens is 310 g/mol. The summed E-state index contributed by atoms with van der Waals surface area (Å²) in [5.74, 6) is 1.00. The van der Waals surface area contributed by atoms with Gasteiger partial charge in [0, 0.05) is 0 Å². The van der Waals surface area contributed by atoms with E-state index in [9.17, 15) is 8.42 Å². The molecule has 0 radical (unpaired) electrons. The highest BCUT2D eigenvalue weighted by Crippen LogP contribution is 2.33. The van der Waals surface area contributed by atoms with Crippen molar-refractivity contribution in [2.45, 2.75) is 38.5 Å². The van der Waals surface area contributed by atoms with Crippen molar-refractivity contribution in [2.75, 3.05) is 11.8 Å². The highest BCUT2D eigenvalue weighted by molar-refractivity contribution is 7.92. The van der Waals surface area contributed by atoms with E-state index in [1.54, 1.807) is 31.4 Å². The van der Waals surface area contributed by atoms with E-state index in [2.05, 4.69) is 4.72 Å². The lowest BCUT2D eigenvalue weighted by molar-refractivity contribution is 0.407. The second-order valence-electron chi connectivity index (χ2n) is 5.98. The number of ether oxygens (including phenoxy) is 1. The summed E-state index contributed by atoms with van der Waals surface area (Å²) in [6, 6.07) is 10.5. The molecule has 1 N–H and O–H groups in total. The zero-order valence-corrected chi connectivity index (χ0v) is 15.0. The molecule has 0 fully saturated rings. The number of aryl methyl sites for hydroxylation is 2. The average molecular weight is 333 g/mol. The minimum Gasteiger partial charge on any atom is -0.496 e. The normalized spacial score (nSPS) is 11.6. The van der Waals surface area contributed by atoms with Gasteiger partial charge in [0.15, 0.2) is 0 Å². The summed E-state index contributed by atoms with van der Waals surface area (Å²) >= 11 is 0. The molecule has 0 aromatic heterocycles. The van der Waals surface area contributed by atoms with Crippen LogP contribution in [-0.4, -0.2) is 15.5 Å². The lowest BCUT2D eigenvalue weighted by Gasteiger charge is -2.17. The van der Waals surface area contributed by atoms with Crippen molar-refractivity contribution < 1.29 is 13.2 Å². The van der Waals surface area contributed by atoms with Crippen LogP contribution in [0.2, 0.25) is 0 Å². The van der Waals surface area contributed by atoms with Gasteiger partial charge in [0.25, 0.3) is 10.0 Å². The van der Waals surface area contributed by atoms with Gasteiger partial charge in [0.05, 0.1) is 17.7 Å². The molecule has 0 spiro atoms. The van der Waals surface area contributed by atoms with Gasteiger partial charge in [-0.05, 0) is 55.2 Å². The fourth-order valence-electron chi connectivity index (χ4n) is 2.36. The fourth-order valence-corrected chi connectivity index (χ4v) is 3.48. The van der Waals surface area contributed by atoms with Gasteiger partial charge in [-0.1, -0.05) is 31.5 Å². The summed E-state index contributed by atoms with van der Waals surface area (Å²) in [4.78, 5) is 0.254. The Hall–Kier alpha value is -2.01. The van der Waals surface area contributed by atoms with Crippen molar-refractivity contribution in [3.05, 3.63) is 53.1 Å². The zero-order valence-electron chi connectivity index (χ0n) is 14.2. The highest BCUT2D eigenvalue weighted by Gasteiger charge is 2.17. The molecule has 0 bridgehead atoms. The smallest absolute Gasteiger partial charge is 0.261 e. The van der Waals surface area contributed by atoms with Gasteiger partial charge in [-0.25, -0.2) is 8.42 Å². The molecule has 5 heteroatoms. The van der Waals surface area contributed by atoms with Gasteiger partial charge < -0.3 is 4.74 Å². The number of hydrogen-bond acceptors (Lipinski definition) is 3. The van der Waals surface area contributed by atoms with E-state index in [-0.39, 0.29) is 10.8 Å². The Morgan fingerprint density at radius 3 is 2.17 bits per heavy atom. The van der Waals surface area contributed by atoms with E-state index in [0.717, 1.165) is 22.4 Å². The molecule has 0 saturated heterocycles. The quantitative estimate of drug-likeness (QED) is 0.890. The summed E-state index contributed by atoms with van der Waals surface area (Å²) in [6.07, 6.45) is 0. The van der Waals surface area contributed by atoms with Crippen LogP contribution in [0.15, 0.2) is 41.3 Å². The molecule has 0 saturated carbocycles. The number of sulfonamides is 1. The topological polar surface area (TPSA) is 55.4 Å². The maximum atomic E-state index is 12.6. The van der Waals surface area contributed by atoms with E-state index in [0.29, 0.717) is 5.69 Å². The molecule has 0 aliphatic rings. The molecule has 0 atom stereocenters. The van der Waals surface area contributed by atoms with Crippen LogP contribution in [-0.2, 0) is 10.0 Å². The van der Waals surface area contributed by atoms with Crippen LogP contribution in [0.3, 0.4) is 0 Å². The highest BCUT2D eigenvalue weighted by atomic mass is 32.2. The van der Waals surface area contributed by atoms with Crippen molar-refractivity contribution in [3.63, 3.8) is 0 Å². The van der Waals surface area contributed by atoms with E-state index >= 15 is 0 Å². The molecule has 0 aliphatic carbocycles. The maximum Gasteiger partial charge on any atom is 0.261 e. The first-order chi connectivity index (χ1) is 10.7. The van der Waals surface area contributed by atoms with Gasteiger partial charge in [-0.2, -0.15) is 0 Å². The molecule has 0 heterocycles. The first kappa shape index (κ1) is 17.3. The van der Waals surface area contributed by atoms with Crippen LogP contribution >= 0.6 is 0 Å². The zero-order chi connectivity index (χ0) is 17.2. The van der Waals surface area contributed by atoms with E-state index < -0.39 is 10.0 Å². The molecule has 124 valence electrons. The van der Waals surface area contributed by atoms with Crippen LogP contribution in [0.25, 0.3) is 0 Å². The molecule has 0 aliphatic heterocycles. The number of anilines is 1. The van der Waals surface area contributed by atoms with Gasteiger partial charge >= 0.3 is 0 Å². The summed E-state index contributed by atoms with van der Waals surface area (Å²) in [7, 11) is -1.98. The standard InChI is InChI=1S/C18H23NO3S/c1-12(2)16-11-17(14(4)10-18(16)22-5)19-23(20,21)15-8-6-13(3)7-9-15/h6-12,19H,1-5H3. The predicted molar refractivity (Wildman–Crippen MR) is 93.8 cm³/mol. The first-order valence-electron chi connectivity index (χ1n) is 7.52. The molecular formula is C18H23NO3S. The fraction of sp³-hybridized carbons (Fsp3) is 0.333. The summed E-state index contributed by atoms with van der Waals surface area (Å²) in [5.41, 5.74) is 3.39. The Bertz CT molecular complexity index is 794. The third-order valence-corrected chi connectivity index (χ3v) is 5.16. The number of rotatable bonds is 5. The molecule has 0 unspecified atom stereocenters. The van der Waals surface area contributed by atoms with Gasteiger partial charge in [0.1, 0.15) is 5.75 Å². The minimum absolute atomic E-state index is 0.230. The summed E-state index contributed by atoms with van der Waals surface area (Å²) < 4.78 is 33.2. The van der Waals surface area contributed by atoms with E-state index in [4.69, 9.17) is 4.74 Å². The number of methoxy groups -OCH3 is 1. The van der Waals surface area contributed by atoms with Crippen LogP contribution in [0.4, 0.5) is 5.69 Å². The predicted octanol–water partition coefficient (Wildman–Crippen LogP) is 4.24. The molecule has 2 rings (SSSR count). The van der Waals surface area contributed by atoms with Crippen molar-refractivity contribution in [3.8, 4) is 5.75 Å². The Morgan fingerprint density at radius 2 is 1.65 bits per heavy atom. The summed E-state index contributed by atoms with van der Waals surface area (Å²) in [6.45, 7) is 7.88. The Kier molecular flexibility index (Phi) is 5.00. The van der Waals surface area contributed by atoms with Crippen LogP contribution in [0, 0.1) is 13.8 Å². The summed E-state index contributed by atoms with van der Waals surface area (Å²) in [5, 5.41) is 0. The van der Waals surface area contributed by atoms with Gasteiger partial charge in [-0.3, -0.25) is 4.72 Å². The SMILES string of the molecule is COc1cc(C)c(NS(=O)(=O)c2ccc(C)cc2)cc1C(C)C. The molecule has 4 nitrogen and oxygen atoms in total. The first-order valence-corrected chi connectivity index (χ1v) is 9.01. The largest absolute Gasteiger partial charge is 0.496 e. The lowest BCUT2D eigenvalue weighted by atomic mass is 9.99. The Balaban J connectivity index is 2.43. The van der Waals surface area contributed by atoms with Crippen LogP contribution < -0.4 is 9.46 Å². The number of nitrogens with one attached hydrogen (secondary N) is 1. The maximum absolute atomic E-state index is 12.6. The number of benzene rings is 2. The van der Waals surface area contributed by atoms with E-state index in [1.807, 2.05) is 39.8 Å². The second-order valence-corrected chi connectivity index (χ2v) is 7.66. The van der Waals surface area contributed by atoms with Gasteiger partial charge in [-0.15, -0.1) is 0 Å².